The Balaban J connectivity index is 1.51. The molecule has 0 radical (unpaired) electrons. The lowest BCUT2D eigenvalue weighted by molar-refractivity contribution is -0.140. The van der Waals surface area contributed by atoms with Gasteiger partial charge in [-0.25, -0.2) is 4.39 Å². The Labute approximate surface area is 162 Å². The van der Waals surface area contributed by atoms with Crippen LogP contribution in [0.5, 0.6) is 5.75 Å². The standard InChI is InChI=1S/C21H21FN2O4/c1-14(25)23-18-6-8-19(9-7-18)28-21(27)16-10-12-24(13-11-16)20(26)15-2-4-17(22)5-3-15/h2-9,16H,10-13H2,1H3,(H,23,25). The molecule has 1 saturated heterocycles. The molecule has 3 rings (SSSR count). The number of hydrogen-bond acceptors (Lipinski definition) is 4. The molecule has 0 aromatic heterocycles. The molecule has 2 aromatic carbocycles. The number of halogens is 1. The van der Waals surface area contributed by atoms with Crippen molar-refractivity contribution in [1.82, 2.24) is 4.90 Å². The van der Waals surface area contributed by atoms with Crippen molar-refractivity contribution < 1.29 is 23.5 Å². The number of piperidine rings is 1. The van der Waals surface area contributed by atoms with Crippen LogP contribution in [0.1, 0.15) is 30.1 Å². The third-order valence-electron chi connectivity index (χ3n) is 4.60. The largest absolute Gasteiger partial charge is 0.426 e. The number of nitrogens with zero attached hydrogens (tertiary/aromatic N) is 1. The van der Waals surface area contributed by atoms with Crippen molar-refractivity contribution in [2.24, 2.45) is 5.92 Å². The van der Waals surface area contributed by atoms with Gasteiger partial charge in [-0.2, -0.15) is 0 Å². The average Bonchev–Trinajstić information content (AvgIpc) is 2.69. The zero-order valence-electron chi connectivity index (χ0n) is 15.5. The van der Waals surface area contributed by atoms with Crippen molar-refractivity contribution in [2.75, 3.05) is 18.4 Å². The number of hydrogen-bond donors (Lipinski definition) is 1. The summed E-state index contributed by atoms with van der Waals surface area (Å²) < 4.78 is 18.4. The number of carbonyl (C=O) groups is 3. The van der Waals surface area contributed by atoms with Crippen LogP contribution in [0.3, 0.4) is 0 Å². The Hall–Kier alpha value is -3.22. The summed E-state index contributed by atoms with van der Waals surface area (Å²) in [6, 6.07) is 12.0. The van der Waals surface area contributed by atoms with E-state index >= 15 is 0 Å². The molecule has 1 heterocycles. The Kier molecular flexibility index (Phi) is 6.03. The molecule has 1 fully saturated rings. The van der Waals surface area contributed by atoms with E-state index in [1.807, 2.05) is 0 Å². The maximum absolute atomic E-state index is 13.0. The topological polar surface area (TPSA) is 75.7 Å². The highest BCUT2D eigenvalue weighted by molar-refractivity contribution is 5.94. The normalized spacial score (nSPS) is 14.4. The van der Waals surface area contributed by atoms with Crippen LogP contribution >= 0.6 is 0 Å². The van der Waals surface area contributed by atoms with Crippen molar-refractivity contribution in [3.63, 3.8) is 0 Å². The van der Waals surface area contributed by atoms with Gasteiger partial charge in [0.25, 0.3) is 5.91 Å². The van der Waals surface area contributed by atoms with Gasteiger partial charge in [-0.3, -0.25) is 14.4 Å². The molecule has 6 nitrogen and oxygen atoms in total. The summed E-state index contributed by atoms with van der Waals surface area (Å²) in [7, 11) is 0. The molecule has 0 unspecified atom stereocenters. The average molecular weight is 384 g/mol. The Morgan fingerprint density at radius 2 is 1.61 bits per heavy atom. The van der Waals surface area contributed by atoms with Gasteiger partial charge in [0, 0.05) is 31.3 Å². The lowest BCUT2D eigenvalue weighted by Crippen LogP contribution is -2.41. The van der Waals surface area contributed by atoms with Gasteiger partial charge in [0.2, 0.25) is 5.91 Å². The summed E-state index contributed by atoms with van der Waals surface area (Å²) in [6.45, 7) is 2.30. The van der Waals surface area contributed by atoms with Crippen LogP contribution in [-0.2, 0) is 9.59 Å². The maximum atomic E-state index is 13.0. The molecule has 146 valence electrons. The SMILES string of the molecule is CC(=O)Nc1ccc(OC(=O)C2CCN(C(=O)c3ccc(F)cc3)CC2)cc1. The van der Waals surface area contributed by atoms with Crippen LogP contribution in [-0.4, -0.2) is 35.8 Å². The smallest absolute Gasteiger partial charge is 0.314 e. The summed E-state index contributed by atoms with van der Waals surface area (Å²) in [5.41, 5.74) is 1.06. The van der Waals surface area contributed by atoms with E-state index in [-0.39, 0.29) is 29.5 Å². The van der Waals surface area contributed by atoms with Gasteiger partial charge in [-0.1, -0.05) is 0 Å². The van der Waals surface area contributed by atoms with Crippen molar-refractivity contribution in [2.45, 2.75) is 19.8 Å². The molecule has 2 aromatic rings. The number of anilines is 1. The van der Waals surface area contributed by atoms with Crippen LogP contribution in [0.15, 0.2) is 48.5 Å². The summed E-state index contributed by atoms with van der Waals surface area (Å²) in [5.74, 6) is -0.937. The number of likely N-dealkylation sites (tertiary alicyclic amines) is 1. The van der Waals surface area contributed by atoms with Gasteiger partial charge in [0.15, 0.2) is 0 Å². The summed E-state index contributed by atoms with van der Waals surface area (Å²) in [6.07, 6.45) is 1.02. The number of amides is 2. The molecule has 0 aliphatic carbocycles. The second kappa shape index (κ2) is 8.65. The first-order valence-corrected chi connectivity index (χ1v) is 9.06. The van der Waals surface area contributed by atoms with Gasteiger partial charge in [0.1, 0.15) is 11.6 Å². The second-order valence-electron chi connectivity index (χ2n) is 6.70. The molecule has 1 aliphatic heterocycles. The van der Waals surface area contributed by atoms with Gasteiger partial charge in [-0.15, -0.1) is 0 Å². The molecule has 1 N–H and O–H groups in total. The number of nitrogens with one attached hydrogen (secondary N) is 1. The molecular formula is C21H21FN2O4. The number of rotatable bonds is 4. The molecule has 0 bridgehead atoms. The van der Waals surface area contributed by atoms with E-state index < -0.39 is 0 Å². The molecule has 1 aliphatic rings. The lowest BCUT2D eigenvalue weighted by atomic mass is 9.96. The van der Waals surface area contributed by atoms with E-state index in [1.54, 1.807) is 29.2 Å². The highest BCUT2D eigenvalue weighted by Gasteiger charge is 2.29. The highest BCUT2D eigenvalue weighted by atomic mass is 19.1. The third-order valence-corrected chi connectivity index (χ3v) is 4.60. The van der Waals surface area contributed by atoms with E-state index in [0.29, 0.717) is 42.9 Å². The van der Waals surface area contributed by atoms with E-state index in [2.05, 4.69) is 5.32 Å². The minimum absolute atomic E-state index is 0.166. The molecule has 0 saturated carbocycles. The second-order valence-corrected chi connectivity index (χ2v) is 6.70. The van der Waals surface area contributed by atoms with E-state index in [1.165, 1.54) is 31.2 Å². The van der Waals surface area contributed by atoms with Crippen LogP contribution in [0.4, 0.5) is 10.1 Å². The first kappa shape index (κ1) is 19.5. The minimum Gasteiger partial charge on any atom is -0.426 e. The molecule has 0 atom stereocenters. The number of benzene rings is 2. The van der Waals surface area contributed by atoms with E-state index in [0.717, 1.165) is 0 Å². The quantitative estimate of drug-likeness (QED) is 0.649. The van der Waals surface area contributed by atoms with Crippen LogP contribution in [0.2, 0.25) is 0 Å². The van der Waals surface area contributed by atoms with Crippen LogP contribution in [0, 0.1) is 11.7 Å². The zero-order chi connectivity index (χ0) is 20.1. The fourth-order valence-electron chi connectivity index (χ4n) is 3.10. The number of esters is 1. The fraction of sp³-hybridized carbons (Fsp3) is 0.286. The fourth-order valence-corrected chi connectivity index (χ4v) is 3.10. The van der Waals surface area contributed by atoms with Crippen molar-refractivity contribution in [1.29, 1.82) is 0 Å². The van der Waals surface area contributed by atoms with E-state index in [9.17, 15) is 18.8 Å². The Morgan fingerprint density at radius 1 is 1.00 bits per heavy atom. The van der Waals surface area contributed by atoms with Crippen molar-refractivity contribution in [3.05, 3.63) is 59.9 Å². The first-order chi connectivity index (χ1) is 13.4. The molecular weight excluding hydrogens is 363 g/mol. The van der Waals surface area contributed by atoms with Gasteiger partial charge in [0.05, 0.1) is 5.92 Å². The molecule has 7 heteroatoms. The zero-order valence-corrected chi connectivity index (χ0v) is 15.5. The summed E-state index contributed by atoms with van der Waals surface area (Å²) in [5, 5.41) is 2.64. The van der Waals surface area contributed by atoms with Crippen LogP contribution in [0.25, 0.3) is 0 Å². The molecule has 2 amide bonds. The Bertz CT molecular complexity index is 857. The van der Waals surface area contributed by atoms with Gasteiger partial charge >= 0.3 is 5.97 Å². The predicted octanol–water partition coefficient (Wildman–Crippen LogP) is 3.24. The first-order valence-electron chi connectivity index (χ1n) is 9.06. The van der Waals surface area contributed by atoms with Crippen molar-refractivity contribution >= 4 is 23.5 Å². The molecule has 0 spiro atoms. The Morgan fingerprint density at radius 3 is 2.18 bits per heavy atom. The lowest BCUT2D eigenvalue weighted by Gasteiger charge is -2.31. The summed E-state index contributed by atoms with van der Waals surface area (Å²) in [4.78, 5) is 37.5. The number of ether oxygens (including phenoxy) is 1. The van der Waals surface area contributed by atoms with Crippen molar-refractivity contribution in [3.8, 4) is 5.75 Å². The van der Waals surface area contributed by atoms with E-state index in [4.69, 9.17) is 4.74 Å². The maximum Gasteiger partial charge on any atom is 0.314 e. The van der Waals surface area contributed by atoms with Gasteiger partial charge in [-0.05, 0) is 61.4 Å². The highest BCUT2D eigenvalue weighted by Crippen LogP contribution is 2.23. The number of carbonyl (C=O) groups excluding carboxylic acids is 3. The monoisotopic (exact) mass is 384 g/mol. The third kappa shape index (κ3) is 4.94. The van der Waals surface area contributed by atoms with Crippen LogP contribution < -0.4 is 10.1 Å². The summed E-state index contributed by atoms with van der Waals surface area (Å²) >= 11 is 0. The minimum atomic E-state index is -0.386. The van der Waals surface area contributed by atoms with Gasteiger partial charge < -0.3 is 15.0 Å². The predicted molar refractivity (Wildman–Crippen MR) is 101 cm³/mol. The molecule has 28 heavy (non-hydrogen) atoms.